The minimum absolute atomic E-state index is 0.0296. The summed E-state index contributed by atoms with van der Waals surface area (Å²) in [6, 6.07) is 9.41. The van der Waals surface area contributed by atoms with Crippen LogP contribution in [0.25, 0.3) is 0 Å². The largest absolute Gasteiger partial charge is 0.490 e. The molecule has 0 unspecified atom stereocenters. The van der Waals surface area contributed by atoms with Gasteiger partial charge in [0.05, 0.1) is 13.0 Å². The quantitative estimate of drug-likeness (QED) is 0.814. The smallest absolute Gasteiger partial charge is 0.226 e. The highest BCUT2D eigenvalue weighted by Gasteiger charge is 2.11. The van der Waals surface area contributed by atoms with Crippen molar-refractivity contribution in [1.82, 2.24) is 4.90 Å². The van der Waals surface area contributed by atoms with Crippen molar-refractivity contribution < 1.29 is 22.7 Å². The fourth-order valence-corrected chi connectivity index (χ4v) is 2.00. The number of rotatable bonds is 6. The lowest BCUT2D eigenvalue weighted by atomic mass is 10.2. The van der Waals surface area contributed by atoms with Gasteiger partial charge < -0.3 is 9.64 Å². The van der Waals surface area contributed by atoms with Gasteiger partial charge in [0.1, 0.15) is 0 Å². The molecule has 0 fully saturated rings. The van der Waals surface area contributed by atoms with Crippen molar-refractivity contribution in [2.24, 2.45) is 0 Å². The molecule has 0 N–H and O–H groups in total. The van der Waals surface area contributed by atoms with E-state index in [0.29, 0.717) is 5.56 Å². The highest BCUT2D eigenvalue weighted by Crippen LogP contribution is 2.16. The number of para-hydroxylation sites is 1. The molecule has 0 radical (unpaired) electrons. The number of hydrogen-bond donors (Lipinski definition) is 0. The monoisotopic (exact) mass is 323 g/mol. The van der Waals surface area contributed by atoms with Gasteiger partial charge in [0, 0.05) is 13.6 Å². The van der Waals surface area contributed by atoms with Crippen molar-refractivity contribution in [2.45, 2.75) is 13.0 Å². The minimum atomic E-state index is -0.953. The van der Waals surface area contributed by atoms with E-state index in [4.69, 9.17) is 4.74 Å². The van der Waals surface area contributed by atoms with Crippen LogP contribution in [0.15, 0.2) is 42.5 Å². The molecule has 0 atom stereocenters. The Balaban J connectivity index is 1.83. The predicted octanol–water partition coefficient (Wildman–Crippen LogP) is 3.53. The number of halogens is 3. The molecular formula is C17H16F3NO2. The Morgan fingerprint density at radius 3 is 2.48 bits per heavy atom. The van der Waals surface area contributed by atoms with Gasteiger partial charge in [-0.1, -0.05) is 18.2 Å². The summed E-state index contributed by atoms with van der Waals surface area (Å²) < 4.78 is 44.5. The van der Waals surface area contributed by atoms with Crippen LogP contribution in [-0.2, 0) is 11.3 Å². The number of hydrogen-bond acceptors (Lipinski definition) is 2. The molecule has 0 aliphatic rings. The maximum absolute atomic E-state index is 13.3. The Labute approximate surface area is 132 Å². The molecule has 0 spiro atoms. The Bertz CT molecular complexity index is 691. The van der Waals surface area contributed by atoms with Crippen LogP contribution in [0.4, 0.5) is 13.2 Å². The average Bonchev–Trinajstić information content (AvgIpc) is 2.52. The number of nitrogens with zero attached hydrogens (tertiary/aromatic N) is 1. The van der Waals surface area contributed by atoms with Crippen LogP contribution < -0.4 is 4.74 Å². The Morgan fingerprint density at radius 2 is 1.78 bits per heavy atom. The Kier molecular flexibility index (Phi) is 5.62. The first kappa shape index (κ1) is 16.9. The van der Waals surface area contributed by atoms with Gasteiger partial charge in [0.2, 0.25) is 5.91 Å². The molecule has 122 valence electrons. The van der Waals surface area contributed by atoms with Crippen LogP contribution in [0.3, 0.4) is 0 Å². The normalized spacial score (nSPS) is 10.4. The number of carbonyl (C=O) groups excluding carboxylic acids is 1. The van der Waals surface area contributed by atoms with Crippen molar-refractivity contribution in [3.8, 4) is 5.75 Å². The van der Waals surface area contributed by atoms with Gasteiger partial charge in [-0.2, -0.15) is 0 Å². The van der Waals surface area contributed by atoms with E-state index >= 15 is 0 Å². The number of benzene rings is 2. The van der Waals surface area contributed by atoms with E-state index in [9.17, 15) is 18.0 Å². The van der Waals surface area contributed by atoms with E-state index in [-0.39, 0.29) is 31.2 Å². The standard InChI is InChI=1S/C17H16F3NO2/c1-21(11-12-6-7-13(18)15(20)10-12)17(22)8-9-23-16-5-3-2-4-14(16)19/h2-7,10H,8-9,11H2,1H3. The molecular weight excluding hydrogens is 307 g/mol. The zero-order chi connectivity index (χ0) is 16.8. The second-order valence-corrected chi connectivity index (χ2v) is 5.03. The lowest BCUT2D eigenvalue weighted by Crippen LogP contribution is -2.27. The molecule has 1 amide bonds. The van der Waals surface area contributed by atoms with Crippen LogP contribution in [0.1, 0.15) is 12.0 Å². The van der Waals surface area contributed by atoms with Gasteiger partial charge in [0.25, 0.3) is 0 Å². The van der Waals surface area contributed by atoms with Crippen LogP contribution in [0.2, 0.25) is 0 Å². The van der Waals surface area contributed by atoms with Gasteiger partial charge in [0.15, 0.2) is 23.2 Å². The summed E-state index contributed by atoms with van der Waals surface area (Å²) in [5.74, 6) is -2.53. The third kappa shape index (κ3) is 4.74. The van der Waals surface area contributed by atoms with Crippen LogP contribution in [-0.4, -0.2) is 24.5 Å². The summed E-state index contributed by atoms with van der Waals surface area (Å²) in [6.45, 7) is 0.178. The molecule has 3 nitrogen and oxygen atoms in total. The molecule has 0 aliphatic carbocycles. The Morgan fingerprint density at radius 1 is 1.04 bits per heavy atom. The number of ether oxygens (including phenoxy) is 1. The molecule has 0 aliphatic heterocycles. The highest BCUT2D eigenvalue weighted by molar-refractivity contribution is 5.76. The van der Waals surface area contributed by atoms with Crippen molar-refractivity contribution in [1.29, 1.82) is 0 Å². The first-order chi connectivity index (χ1) is 11.0. The molecule has 0 saturated heterocycles. The number of amides is 1. The van der Waals surface area contributed by atoms with Crippen molar-refractivity contribution >= 4 is 5.91 Å². The first-order valence-corrected chi connectivity index (χ1v) is 7.02. The SMILES string of the molecule is CN(Cc1ccc(F)c(F)c1)C(=O)CCOc1ccccc1F. The van der Waals surface area contributed by atoms with E-state index in [1.54, 1.807) is 19.2 Å². The highest BCUT2D eigenvalue weighted by atomic mass is 19.2. The molecule has 0 saturated carbocycles. The van der Waals surface area contributed by atoms with E-state index in [1.807, 2.05) is 0 Å². The van der Waals surface area contributed by atoms with E-state index in [2.05, 4.69) is 0 Å². The summed E-state index contributed by atoms with van der Waals surface area (Å²) in [5, 5.41) is 0. The van der Waals surface area contributed by atoms with Crippen LogP contribution in [0.5, 0.6) is 5.75 Å². The predicted molar refractivity (Wildman–Crippen MR) is 79.3 cm³/mol. The molecule has 2 aromatic carbocycles. The third-order valence-electron chi connectivity index (χ3n) is 3.24. The third-order valence-corrected chi connectivity index (χ3v) is 3.24. The molecule has 2 aromatic rings. The van der Waals surface area contributed by atoms with Crippen LogP contribution >= 0.6 is 0 Å². The van der Waals surface area contributed by atoms with E-state index in [0.717, 1.165) is 12.1 Å². The Hall–Kier alpha value is -2.50. The van der Waals surface area contributed by atoms with E-state index in [1.165, 1.54) is 23.1 Å². The van der Waals surface area contributed by atoms with Crippen molar-refractivity contribution in [3.63, 3.8) is 0 Å². The van der Waals surface area contributed by atoms with Crippen molar-refractivity contribution in [3.05, 3.63) is 65.5 Å². The summed E-state index contributed by atoms with van der Waals surface area (Å²) >= 11 is 0. The lowest BCUT2D eigenvalue weighted by Gasteiger charge is -2.17. The molecule has 23 heavy (non-hydrogen) atoms. The van der Waals surface area contributed by atoms with Gasteiger partial charge in [-0.3, -0.25) is 4.79 Å². The summed E-state index contributed by atoms with van der Waals surface area (Å²) in [6.07, 6.45) is 0.0501. The zero-order valence-corrected chi connectivity index (χ0v) is 12.6. The lowest BCUT2D eigenvalue weighted by molar-refractivity contribution is -0.130. The fourth-order valence-electron chi connectivity index (χ4n) is 2.00. The topological polar surface area (TPSA) is 29.5 Å². The molecule has 0 heterocycles. The number of carbonyl (C=O) groups is 1. The summed E-state index contributed by atoms with van der Waals surface area (Å²) in [5.41, 5.74) is 0.481. The summed E-state index contributed by atoms with van der Waals surface area (Å²) in [4.78, 5) is 13.3. The molecule has 6 heteroatoms. The second kappa shape index (κ2) is 7.67. The summed E-state index contributed by atoms with van der Waals surface area (Å²) in [7, 11) is 1.55. The van der Waals surface area contributed by atoms with Gasteiger partial charge in [-0.05, 0) is 29.8 Å². The van der Waals surface area contributed by atoms with Gasteiger partial charge >= 0.3 is 0 Å². The second-order valence-electron chi connectivity index (χ2n) is 5.03. The van der Waals surface area contributed by atoms with Gasteiger partial charge in [-0.15, -0.1) is 0 Å². The molecule has 2 rings (SSSR count). The maximum Gasteiger partial charge on any atom is 0.226 e. The van der Waals surface area contributed by atoms with Gasteiger partial charge in [-0.25, -0.2) is 13.2 Å². The van der Waals surface area contributed by atoms with E-state index < -0.39 is 17.5 Å². The minimum Gasteiger partial charge on any atom is -0.490 e. The van der Waals surface area contributed by atoms with Crippen molar-refractivity contribution in [2.75, 3.05) is 13.7 Å². The average molecular weight is 323 g/mol. The molecule has 0 aromatic heterocycles. The fraction of sp³-hybridized carbons (Fsp3) is 0.235. The zero-order valence-electron chi connectivity index (χ0n) is 12.6. The van der Waals surface area contributed by atoms with Crippen LogP contribution in [0, 0.1) is 17.5 Å². The first-order valence-electron chi connectivity index (χ1n) is 7.02. The maximum atomic E-state index is 13.3. The molecule has 0 bridgehead atoms.